The Balaban J connectivity index is 4.16. The highest BCUT2D eigenvalue weighted by Gasteiger charge is 2.19. The van der Waals surface area contributed by atoms with Gasteiger partial charge < -0.3 is 14.2 Å². The summed E-state index contributed by atoms with van der Waals surface area (Å²) in [5.74, 6) is 0.870. The van der Waals surface area contributed by atoms with Crippen molar-refractivity contribution >= 4 is 17.9 Å². The van der Waals surface area contributed by atoms with Gasteiger partial charge in [0, 0.05) is 19.3 Å². The van der Waals surface area contributed by atoms with E-state index in [0.717, 1.165) is 69.6 Å². The fraction of sp³-hybridized carbons (Fsp3) is 0.945. The standard InChI is InChI=1S/C55H106O6/c1-6-9-10-11-12-13-22-26-29-35-40-45-53(56)59-48-52(61-55(58)47-42-37-32-31-34-39-44-51(5)8-3)49-60-54(57)46-41-36-30-27-24-21-19-17-15-14-16-18-20-23-25-28-33-38-43-50(4)7-2/h50-52H,6-49H2,1-5H3/t50?,51?,52-/m1/s1. The molecule has 61 heavy (non-hydrogen) atoms. The van der Waals surface area contributed by atoms with Gasteiger partial charge in [-0.25, -0.2) is 0 Å². The van der Waals surface area contributed by atoms with Crippen LogP contribution >= 0.6 is 0 Å². The summed E-state index contributed by atoms with van der Waals surface area (Å²) in [6.07, 6.45) is 49.5. The number of carbonyl (C=O) groups is 3. The van der Waals surface area contributed by atoms with E-state index in [1.807, 2.05) is 0 Å². The van der Waals surface area contributed by atoms with Crippen LogP contribution < -0.4 is 0 Å². The Hall–Kier alpha value is -1.59. The van der Waals surface area contributed by atoms with E-state index in [1.165, 1.54) is 193 Å². The second-order valence-electron chi connectivity index (χ2n) is 19.4. The third kappa shape index (κ3) is 46.2. The third-order valence-corrected chi connectivity index (χ3v) is 13.2. The molecule has 6 nitrogen and oxygen atoms in total. The van der Waals surface area contributed by atoms with Crippen LogP contribution in [0.15, 0.2) is 0 Å². The van der Waals surface area contributed by atoms with Crippen LogP contribution in [-0.2, 0) is 28.6 Å². The summed E-state index contributed by atoms with van der Waals surface area (Å²) < 4.78 is 16.8. The van der Waals surface area contributed by atoms with E-state index in [9.17, 15) is 14.4 Å². The molecule has 0 radical (unpaired) electrons. The van der Waals surface area contributed by atoms with Gasteiger partial charge in [0.05, 0.1) is 0 Å². The molecule has 0 aliphatic rings. The first kappa shape index (κ1) is 59.4. The molecule has 0 saturated heterocycles. The zero-order chi connectivity index (χ0) is 44.7. The van der Waals surface area contributed by atoms with E-state index in [4.69, 9.17) is 14.2 Å². The molecule has 0 aliphatic carbocycles. The minimum Gasteiger partial charge on any atom is -0.462 e. The minimum atomic E-state index is -0.762. The minimum absolute atomic E-state index is 0.0643. The summed E-state index contributed by atoms with van der Waals surface area (Å²) in [7, 11) is 0. The van der Waals surface area contributed by atoms with E-state index in [-0.39, 0.29) is 31.1 Å². The molecule has 362 valence electrons. The quantitative estimate of drug-likeness (QED) is 0.0344. The van der Waals surface area contributed by atoms with E-state index < -0.39 is 6.10 Å². The van der Waals surface area contributed by atoms with E-state index in [1.54, 1.807) is 0 Å². The van der Waals surface area contributed by atoms with Gasteiger partial charge in [0.2, 0.25) is 0 Å². The highest BCUT2D eigenvalue weighted by Crippen LogP contribution is 2.18. The summed E-state index contributed by atoms with van der Waals surface area (Å²) in [5, 5.41) is 0. The lowest BCUT2D eigenvalue weighted by Crippen LogP contribution is -2.30. The predicted octanol–water partition coefficient (Wildman–Crippen LogP) is 17.7. The van der Waals surface area contributed by atoms with Gasteiger partial charge >= 0.3 is 17.9 Å². The van der Waals surface area contributed by atoms with Crippen molar-refractivity contribution in [3.63, 3.8) is 0 Å². The van der Waals surface area contributed by atoms with Crippen LogP contribution in [0.2, 0.25) is 0 Å². The summed E-state index contributed by atoms with van der Waals surface area (Å²) in [6.45, 7) is 11.4. The molecule has 2 unspecified atom stereocenters. The molecule has 0 rings (SSSR count). The Morgan fingerprint density at radius 3 is 0.852 bits per heavy atom. The Bertz CT molecular complexity index is 935. The number of hydrogen-bond donors (Lipinski definition) is 0. The summed E-state index contributed by atoms with van der Waals surface area (Å²) in [4.78, 5) is 37.9. The van der Waals surface area contributed by atoms with Gasteiger partial charge in [0.25, 0.3) is 0 Å². The smallest absolute Gasteiger partial charge is 0.306 e. The number of esters is 3. The first-order valence-electron chi connectivity index (χ1n) is 27.3. The molecule has 6 heteroatoms. The van der Waals surface area contributed by atoms with Gasteiger partial charge in [-0.3, -0.25) is 14.4 Å². The fourth-order valence-electron chi connectivity index (χ4n) is 8.28. The molecular formula is C55H106O6. The normalized spacial score (nSPS) is 12.9. The van der Waals surface area contributed by atoms with Crippen molar-refractivity contribution in [3.05, 3.63) is 0 Å². The molecule has 0 aromatic rings. The summed E-state index contributed by atoms with van der Waals surface area (Å²) >= 11 is 0. The van der Waals surface area contributed by atoms with Crippen molar-refractivity contribution in [2.45, 2.75) is 310 Å². The zero-order valence-electron chi connectivity index (χ0n) is 41.8. The highest BCUT2D eigenvalue weighted by atomic mass is 16.6. The van der Waals surface area contributed by atoms with Crippen LogP contribution in [0.25, 0.3) is 0 Å². The summed E-state index contributed by atoms with van der Waals surface area (Å²) in [6, 6.07) is 0. The van der Waals surface area contributed by atoms with Gasteiger partial charge in [0.15, 0.2) is 6.10 Å². The number of hydrogen-bond acceptors (Lipinski definition) is 6. The Kier molecular flexibility index (Phi) is 46.6. The van der Waals surface area contributed by atoms with Gasteiger partial charge in [-0.2, -0.15) is 0 Å². The maximum absolute atomic E-state index is 12.7. The third-order valence-electron chi connectivity index (χ3n) is 13.2. The second-order valence-corrected chi connectivity index (χ2v) is 19.4. The topological polar surface area (TPSA) is 78.9 Å². The van der Waals surface area contributed by atoms with Crippen molar-refractivity contribution in [1.82, 2.24) is 0 Å². The molecule has 0 aliphatic heterocycles. The zero-order valence-corrected chi connectivity index (χ0v) is 41.8. The second kappa shape index (κ2) is 47.9. The lowest BCUT2D eigenvalue weighted by atomic mass is 9.99. The monoisotopic (exact) mass is 863 g/mol. The van der Waals surface area contributed by atoms with Gasteiger partial charge in [0.1, 0.15) is 13.2 Å². The number of rotatable bonds is 49. The molecule has 0 fully saturated rings. The van der Waals surface area contributed by atoms with Crippen LogP contribution in [0, 0.1) is 11.8 Å². The van der Waals surface area contributed by atoms with Gasteiger partial charge in [-0.15, -0.1) is 0 Å². The van der Waals surface area contributed by atoms with Crippen molar-refractivity contribution in [2.75, 3.05) is 13.2 Å². The first-order valence-corrected chi connectivity index (χ1v) is 27.3. The molecular weight excluding hydrogens is 757 g/mol. The largest absolute Gasteiger partial charge is 0.462 e. The molecule has 0 aromatic heterocycles. The van der Waals surface area contributed by atoms with Crippen LogP contribution in [0.3, 0.4) is 0 Å². The number of carbonyl (C=O) groups excluding carboxylic acids is 3. The maximum atomic E-state index is 12.7. The van der Waals surface area contributed by atoms with Crippen molar-refractivity contribution in [1.29, 1.82) is 0 Å². The summed E-state index contributed by atoms with van der Waals surface area (Å²) in [5.41, 5.74) is 0. The van der Waals surface area contributed by atoms with E-state index >= 15 is 0 Å². The van der Waals surface area contributed by atoms with Crippen LogP contribution in [0.1, 0.15) is 304 Å². The SMILES string of the molecule is CCCCCCCCCCCCCC(=O)OC[C@H](COC(=O)CCCCCCCCCCCCCCCCCCCCC(C)CC)OC(=O)CCCCCCCCC(C)CC. The molecule has 0 heterocycles. The average molecular weight is 863 g/mol. The number of unbranched alkanes of at least 4 members (excludes halogenated alkanes) is 32. The average Bonchev–Trinajstić information content (AvgIpc) is 3.26. The van der Waals surface area contributed by atoms with Crippen LogP contribution in [0.4, 0.5) is 0 Å². The van der Waals surface area contributed by atoms with Crippen molar-refractivity contribution in [3.8, 4) is 0 Å². The predicted molar refractivity (Wildman–Crippen MR) is 261 cm³/mol. The Labute approximate surface area is 380 Å². The van der Waals surface area contributed by atoms with E-state index in [2.05, 4.69) is 34.6 Å². The Morgan fingerprint density at radius 1 is 0.328 bits per heavy atom. The first-order chi connectivity index (χ1) is 29.8. The molecule has 0 aromatic carbocycles. The van der Waals surface area contributed by atoms with Crippen LogP contribution in [0.5, 0.6) is 0 Å². The lowest BCUT2D eigenvalue weighted by molar-refractivity contribution is -0.167. The molecule has 3 atom stereocenters. The van der Waals surface area contributed by atoms with Crippen LogP contribution in [-0.4, -0.2) is 37.2 Å². The molecule has 0 N–H and O–H groups in total. The van der Waals surface area contributed by atoms with Gasteiger partial charge in [-0.1, -0.05) is 266 Å². The number of ether oxygens (including phenoxy) is 3. The molecule has 0 spiro atoms. The van der Waals surface area contributed by atoms with Crippen molar-refractivity contribution in [2.24, 2.45) is 11.8 Å². The van der Waals surface area contributed by atoms with E-state index in [0.29, 0.717) is 19.3 Å². The maximum Gasteiger partial charge on any atom is 0.306 e. The fourth-order valence-corrected chi connectivity index (χ4v) is 8.28. The lowest BCUT2D eigenvalue weighted by Gasteiger charge is -2.18. The van der Waals surface area contributed by atoms with Gasteiger partial charge in [-0.05, 0) is 31.1 Å². The molecule has 0 amide bonds. The van der Waals surface area contributed by atoms with Crippen molar-refractivity contribution < 1.29 is 28.6 Å². The molecule has 0 saturated carbocycles. The highest BCUT2D eigenvalue weighted by molar-refractivity contribution is 5.71. The molecule has 0 bridgehead atoms. The Morgan fingerprint density at radius 2 is 0.574 bits per heavy atom.